The molecule has 0 aliphatic heterocycles. The number of alkyl halides is 3. The van der Waals surface area contributed by atoms with Crippen molar-refractivity contribution in [2.75, 3.05) is 23.8 Å². The summed E-state index contributed by atoms with van der Waals surface area (Å²) in [5.74, 6) is -1.13. The van der Waals surface area contributed by atoms with Gasteiger partial charge in [0.15, 0.2) is 0 Å². The molecule has 1 heterocycles. The van der Waals surface area contributed by atoms with Gasteiger partial charge in [-0.25, -0.2) is 8.42 Å². The number of ether oxygens (including phenoxy) is 2. The van der Waals surface area contributed by atoms with Crippen molar-refractivity contribution >= 4 is 27.3 Å². The number of halogens is 3. The lowest BCUT2D eigenvalue weighted by Gasteiger charge is -2.15. The molecule has 13 heteroatoms. The maximum atomic E-state index is 13.0. The number of nitrogens with zero attached hydrogens (tertiary/aromatic N) is 1. The predicted octanol–water partition coefficient (Wildman–Crippen LogP) is 3.38. The summed E-state index contributed by atoms with van der Waals surface area (Å²) in [6.45, 7) is 1.75. The van der Waals surface area contributed by atoms with Crippen molar-refractivity contribution < 1.29 is 45.4 Å². The Morgan fingerprint density at radius 1 is 1.06 bits per heavy atom. The second-order valence-corrected chi connectivity index (χ2v) is 8.52. The van der Waals surface area contributed by atoms with Crippen LogP contribution in [-0.4, -0.2) is 34.4 Å². The number of benzene rings is 2. The molecule has 0 fully saturated rings. The minimum Gasteiger partial charge on any atom is -0.492 e. The fraction of sp³-hybridized carbons (Fsp3) is 0.182. The van der Waals surface area contributed by atoms with Gasteiger partial charge in [0.25, 0.3) is 15.9 Å². The number of anilines is 2. The first kappa shape index (κ1) is 25.6. The summed E-state index contributed by atoms with van der Waals surface area (Å²) in [5.41, 5.74) is 0.388. The monoisotopic (exact) mass is 512 g/mol. The maximum absolute atomic E-state index is 13.0. The lowest BCUT2D eigenvalue weighted by molar-refractivity contribution is -0.885. The molecule has 9 nitrogen and oxygen atoms in total. The number of hydrogen-bond acceptors (Lipinski definition) is 6. The number of carbonyl (C=O) groups is 1. The third-order valence-electron chi connectivity index (χ3n) is 4.36. The number of sulfonamides is 1. The molecule has 0 unspecified atom stereocenters. The molecular formula is C22H21F3N3O6S+. The van der Waals surface area contributed by atoms with Gasteiger partial charge in [-0.05, 0) is 37.3 Å². The number of amides is 1. The number of pyridine rings is 1. The molecule has 0 aliphatic rings. The van der Waals surface area contributed by atoms with Crippen LogP contribution in [0, 0.1) is 0 Å². The van der Waals surface area contributed by atoms with E-state index in [9.17, 15) is 26.4 Å². The molecule has 0 saturated carbocycles. The van der Waals surface area contributed by atoms with E-state index in [1.54, 1.807) is 25.3 Å². The van der Waals surface area contributed by atoms with Gasteiger partial charge in [0.05, 0.1) is 12.3 Å². The fourth-order valence-electron chi connectivity index (χ4n) is 2.95. The van der Waals surface area contributed by atoms with Crippen LogP contribution < -0.4 is 29.1 Å². The molecule has 0 aliphatic carbocycles. The summed E-state index contributed by atoms with van der Waals surface area (Å²) in [6.07, 6.45) is -1.87. The van der Waals surface area contributed by atoms with E-state index in [0.717, 1.165) is 12.1 Å². The van der Waals surface area contributed by atoms with Crippen molar-refractivity contribution in [2.45, 2.75) is 18.2 Å². The summed E-state index contributed by atoms with van der Waals surface area (Å²) >= 11 is 0. The van der Waals surface area contributed by atoms with Crippen molar-refractivity contribution in [1.82, 2.24) is 0 Å². The van der Waals surface area contributed by atoms with Crippen LogP contribution in [0.3, 0.4) is 0 Å². The number of nitrogens with one attached hydrogen (secondary N) is 2. The summed E-state index contributed by atoms with van der Waals surface area (Å²) in [5, 5.41) is 2.64. The van der Waals surface area contributed by atoms with Gasteiger partial charge in [0.2, 0.25) is 12.4 Å². The first-order valence-electron chi connectivity index (χ1n) is 10.0. The topological polar surface area (TPSA) is 107 Å². The number of aromatic nitrogens is 1. The molecule has 0 saturated heterocycles. The Kier molecular flexibility index (Phi) is 7.69. The van der Waals surface area contributed by atoms with Crippen LogP contribution in [0.1, 0.15) is 17.3 Å². The van der Waals surface area contributed by atoms with Crippen molar-refractivity contribution in [1.29, 1.82) is 0 Å². The Labute approximate surface area is 199 Å². The summed E-state index contributed by atoms with van der Waals surface area (Å²) in [6, 6.07) is 11.5. The molecule has 0 atom stereocenters. The molecule has 1 amide bonds. The predicted molar refractivity (Wildman–Crippen MR) is 119 cm³/mol. The molecule has 186 valence electrons. The third kappa shape index (κ3) is 6.99. The Morgan fingerprint density at radius 3 is 2.51 bits per heavy atom. The Bertz CT molecular complexity index is 1320. The highest BCUT2D eigenvalue weighted by Crippen LogP contribution is 2.31. The normalized spacial score (nSPS) is 11.5. The van der Waals surface area contributed by atoms with Crippen molar-refractivity contribution in [3.8, 4) is 11.5 Å². The van der Waals surface area contributed by atoms with E-state index in [4.69, 9.17) is 9.57 Å². The van der Waals surface area contributed by atoms with Gasteiger partial charge in [-0.3, -0.25) is 14.4 Å². The smallest absolute Gasteiger partial charge is 0.492 e. The van der Waals surface area contributed by atoms with E-state index in [1.807, 2.05) is 0 Å². The highest BCUT2D eigenvalue weighted by Gasteiger charge is 2.31. The minimum absolute atomic E-state index is 0.0690. The molecule has 2 N–H and O–H groups in total. The zero-order chi connectivity index (χ0) is 25.6. The van der Waals surface area contributed by atoms with Crippen LogP contribution in [0.5, 0.6) is 11.5 Å². The number of carbonyl (C=O) groups excluding carboxylic acids is 1. The average molecular weight is 512 g/mol. The zero-order valence-electron chi connectivity index (χ0n) is 18.5. The molecule has 0 spiro atoms. The zero-order valence-corrected chi connectivity index (χ0v) is 19.3. The molecule has 0 bridgehead atoms. The third-order valence-corrected chi connectivity index (χ3v) is 5.78. The second-order valence-electron chi connectivity index (χ2n) is 6.86. The second kappa shape index (κ2) is 10.5. The molecule has 1 aromatic heterocycles. The Balaban J connectivity index is 1.85. The minimum atomic E-state index is -4.93. The Morgan fingerprint density at radius 2 is 1.83 bits per heavy atom. The van der Waals surface area contributed by atoms with Gasteiger partial charge in [0.1, 0.15) is 29.1 Å². The molecule has 0 radical (unpaired) electrons. The summed E-state index contributed by atoms with van der Waals surface area (Å²) < 4.78 is 76.1. The van der Waals surface area contributed by atoms with Gasteiger partial charge >= 0.3 is 6.36 Å². The van der Waals surface area contributed by atoms with Crippen LogP contribution in [0.25, 0.3) is 0 Å². The van der Waals surface area contributed by atoms with Gasteiger partial charge in [0, 0.05) is 28.6 Å². The first-order chi connectivity index (χ1) is 16.5. The van der Waals surface area contributed by atoms with Crippen LogP contribution in [0.15, 0.2) is 71.9 Å². The molecular weight excluding hydrogens is 491 g/mol. The van der Waals surface area contributed by atoms with E-state index in [2.05, 4.69) is 14.8 Å². The standard InChI is InChI=1S/C22H20F3N3O6S/c1-3-33-19-13-16(26-21(29)15-6-5-11-28(14-15)32-2)9-10-20(19)35(30,31)27-17-7-4-8-18(12-17)34-22(23,24)25/h4-14,27H,3H2,1-2H3/p+1. The number of hydrogen-bond donors (Lipinski definition) is 2. The lowest BCUT2D eigenvalue weighted by Crippen LogP contribution is -2.40. The van der Waals surface area contributed by atoms with E-state index in [1.165, 1.54) is 48.4 Å². The number of rotatable bonds is 9. The summed E-state index contributed by atoms with van der Waals surface area (Å²) in [4.78, 5) is 17.3. The van der Waals surface area contributed by atoms with Crippen LogP contribution in [0.2, 0.25) is 0 Å². The quantitative estimate of drug-likeness (QED) is 0.426. The lowest BCUT2D eigenvalue weighted by atomic mass is 10.2. The van der Waals surface area contributed by atoms with Crippen molar-refractivity contribution in [3.63, 3.8) is 0 Å². The van der Waals surface area contributed by atoms with E-state index >= 15 is 0 Å². The van der Waals surface area contributed by atoms with Crippen LogP contribution in [0.4, 0.5) is 24.5 Å². The molecule has 3 rings (SSSR count). The fourth-order valence-corrected chi connectivity index (χ4v) is 4.13. The van der Waals surface area contributed by atoms with Crippen LogP contribution in [-0.2, 0) is 10.0 Å². The van der Waals surface area contributed by atoms with Gasteiger partial charge in [-0.2, -0.15) is 0 Å². The van der Waals surface area contributed by atoms with E-state index in [0.29, 0.717) is 0 Å². The average Bonchev–Trinajstić information content (AvgIpc) is 2.78. The van der Waals surface area contributed by atoms with Crippen LogP contribution >= 0.6 is 0 Å². The maximum Gasteiger partial charge on any atom is 0.573 e. The molecule has 35 heavy (non-hydrogen) atoms. The van der Waals surface area contributed by atoms with Gasteiger partial charge in [-0.15, -0.1) is 13.2 Å². The largest absolute Gasteiger partial charge is 0.573 e. The summed E-state index contributed by atoms with van der Waals surface area (Å²) in [7, 11) is -2.84. The molecule has 3 aromatic rings. The van der Waals surface area contributed by atoms with Gasteiger partial charge < -0.3 is 14.8 Å². The highest BCUT2D eigenvalue weighted by molar-refractivity contribution is 7.92. The first-order valence-corrected chi connectivity index (χ1v) is 11.5. The Hall–Kier alpha value is -4.00. The van der Waals surface area contributed by atoms with E-state index in [-0.39, 0.29) is 34.2 Å². The van der Waals surface area contributed by atoms with Crippen molar-refractivity contribution in [2.24, 2.45) is 0 Å². The van der Waals surface area contributed by atoms with E-state index < -0.39 is 28.0 Å². The van der Waals surface area contributed by atoms with Gasteiger partial charge in [-0.1, -0.05) is 6.07 Å². The van der Waals surface area contributed by atoms with Crippen molar-refractivity contribution in [3.05, 3.63) is 72.6 Å². The molecule has 2 aromatic carbocycles. The SMILES string of the molecule is CCOc1cc(NC(=O)c2ccc[n+](OC)c2)ccc1S(=O)(=O)Nc1cccc(OC(F)(F)F)c1. The highest BCUT2D eigenvalue weighted by atomic mass is 32.2.